The Labute approximate surface area is 215 Å². The molecule has 2 aliphatic heterocycles. The average Bonchev–Trinajstić information content (AvgIpc) is 3.31. The second-order valence-corrected chi connectivity index (χ2v) is 10.7. The SMILES string of the molecule is COc1ccc(F)cc1-c1ccnc2[nH]c(C3=C[C@@H]4CCC[C@H](C3)N4CC(=O)N(C)C3CC(O)C3)cc12. The molecule has 2 bridgehead atoms. The Kier molecular flexibility index (Phi) is 6.24. The fourth-order valence-corrected chi connectivity index (χ4v) is 6.24. The van der Waals surface area contributed by atoms with Crippen LogP contribution in [-0.4, -0.2) is 75.7 Å². The molecular weight excluding hydrogens is 471 g/mol. The molecule has 7 nitrogen and oxygen atoms in total. The molecule has 1 aliphatic carbocycles. The topological polar surface area (TPSA) is 81.7 Å². The number of nitrogens with one attached hydrogen (secondary N) is 1. The number of ether oxygens (including phenoxy) is 1. The molecule has 0 radical (unpaired) electrons. The van der Waals surface area contributed by atoms with Crippen molar-refractivity contribution in [1.29, 1.82) is 0 Å². The Morgan fingerprint density at radius 2 is 2.08 bits per heavy atom. The first-order valence-electron chi connectivity index (χ1n) is 13.1. The van der Waals surface area contributed by atoms with Crippen LogP contribution in [0.25, 0.3) is 27.7 Å². The summed E-state index contributed by atoms with van der Waals surface area (Å²) in [7, 11) is 3.45. The van der Waals surface area contributed by atoms with Crippen LogP contribution in [0.1, 0.15) is 44.2 Å². The molecule has 1 amide bonds. The summed E-state index contributed by atoms with van der Waals surface area (Å²) in [6, 6.07) is 9.24. The molecule has 1 saturated heterocycles. The van der Waals surface area contributed by atoms with Crippen molar-refractivity contribution < 1.29 is 19.0 Å². The highest BCUT2D eigenvalue weighted by Gasteiger charge is 2.38. The van der Waals surface area contributed by atoms with E-state index in [1.807, 2.05) is 18.0 Å². The van der Waals surface area contributed by atoms with Crippen molar-refractivity contribution in [3.05, 3.63) is 54.1 Å². The molecule has 2 N–H and O–H groups in total. The third kappa shape index (κ3) is 4.42. The number of H-pyrrole nitrogens is 1. The van der Waals surface area contributed by atoms with Gasteiger partial charge in [-0.25, -0.2) is 9.37 Å². The second kappa shape index (κ2) is 9.58. The number of nitrogens with zero attached hydrogens (tertiary/aromatic N) is 3. The van der Waals surface area contributed by atoms with Gasteiger partial charge in [0.15, 0.2) is 0 Å². The summed E-state index contributed by atoms with van der Waals surface area (Å²) in [5.41, 5.74) is 4.59. The number of amides is 1. The number of aliphatic hydroxyl groups is 1. The molecule has 6 rings (SSSR count). The van der Waals surface area contributed by atoms with E-state index in [0.717, 1.165) is 48.0 Å². The van der Waals surface area contributed by atoms with E-state index < -0.39 is 0 Å². The first kappa shape index (κ1) is 24.1. The van der Waals surface area contributed by atoms with Gasteiger partial charge in [0.1, 0.15) is 17.2 Å². The molecule has 1 aromatic carbocycles. The van der Waals surface area contributed by atoms with E-state index in [1.54, 1.807) is 19.4 Å². The van der Waals surface area contributed by atoms with Gasteiger partial charge in [0.05, 0.1) is 19.8 Å². The predicted octanol–water partition coefficient (Wildman–Crippen LogP) is 4.37. The zero-order valence-electron chi connectivity index (χ0n) is 21.3. The number of likely N-dealkylation sites (N-methyl/N-ethyl adjacent to an activating group) is 1. The quantitative estimate of drug-likeness (QED) is 0.521. The van der Waals surface area contributed by atoms with Crippen LogP contribution in [0.5, 0.6) is 5.75 Å². The molecule has 3 aliphatic rings. The van der Waals surface area contributed by atoms with Gasteiger partial charge in [0, 0.05) is 48.0 Å². The van der Waals surface area contributed by atoms with Crippen LogP contribution in [0.2, 0.25) is 0 Å². The van der Waals surface area contributed by atoms with Crippen LogP contribution in [0, 0.1) is 5.82 Å². The zero-order valence-corrected chi connectivity index (χ0v) is 21.3. The highest BCUT2D eigenvalue weighted by molar-refractivity contribution is 5.96. The van der Waals surface area contributed by atoms with E-state index in [4.69, 9.17) is 4.74 Å². The largest absolute Gasteiger partial charge is 0.496 e. The lowest BCUT2D eigenvalue weighted by Crippen LogP contribution is -2.55. The Balaban J connectivity index is 1.28. The van der Waals surface area contributed by atoms with E-state index in [1.165, 1.54) is 17.7 Å². The molecule has 3 aromatic rings. The molecule has 37 heavy (non-hydrogen) atoms. The number of aliphatic hydroxyl groups excluding tert-OH is 1. The Morgan fingerprint density at radius 1 is 1.24 bits per heavy atom. The van der Waals surface area contributed by atoms with Crippen molar-refractivity contribution >= 4 is 22.5 Å². The van der Waals surface area contributed by atoms with E-state index in [9.17, 15) is 14.3 Å². The molecule has 2 aromatic heterocycles. The third-order valence-corrected chi connectivity index (χ3v) is 8.46. The van der Waals surface area contributed by atoms with Gasteiger partial charge in [-0.05, 0) is 73.6 Å². The lowest BCUT2D eigenvalue weighted by molar-refractivity contribution is -0.138. The normalized spacial score (nSPS) is 25.5. The number of pyridine rings is 1. The molecule has 2 atom stereocenters. The summed E-state index contributed by atoms with van der Waals surface area (Å²) in [5, 5.41) is 10.6. The number of aromatic amines is 1. The first-order valence-corrected chi connectivity index (χ1v) is 13.1. The lowest BCUT2D eigenvalue weighted by atomic mass is 9.84. The Bertz CT molecular complexity index is 1360. The fraction of sp³-hybridized carbons (Fsp3) is 0.448. The van der Waals surface area contributed by atoms with Gasteiger partial charge in [-0.15, -0.1) is 0 Å². The maximum absolute atomic E-state index is 14.1. The maximum atomic E-state index is 14.1. The second-order valence-electron chi connectivity index (χ2n) is 10.7. The molecule has 1 saturated carbocycles. The van der Waals surface area contributed by atoms with Crippen molar-refractivity contribution in [2.75, 3.05) is 20.7 Å². The van der Waals surface area contributed by atoms with Crippen molar-refractivity contribution in [1.82, 2.24) is 19.8 Å². The minimum atomic E-state index is -0.312. The van der Waals surface area contributed by atoms with E-state index in [2.05, 4.69) is 27.0 Å². The van der Waals surface area contributed by atoms with Crippen LogP contribution in [0.3, 0.4) is 0 Å². The third-order valence-electron chi connectivity index (χ3n) is 8.46. The van der Waals surface area contributed by atoms with Crippen LogP contribution in [0.4, 0.5) is 4.39 Å². The maximum Gasteiger partial charge on any atom is 0.236 e. The van der Waals surface area contributed by atoms with Crippen LogP contribution < -0.4 is 4.74 Å². The number of benzene rings is 1. The smallest absolute Gasteiger partial charge is 0.236 e. The van der Waals surface area contributed by atoms with E-state index in [0.29, 0.717) is 36.7 Å². The highest BCUT2D eigenvalue weighted by atomic mass is 19.1. The summed E-state index contributed by atoms with van der Waals surface area (Å²) >= 11 is 0. The van der Waals surface area contributed by atoms with Crippen molar-refractivity contribution in [2.45, 2.75) is 62.8 Å². The zero-order chi connectivity index (χ0) is 25.7. The molecule has 194 valence electrons. The lowest BCUT2D eigenvalue weighted by Gasteiger charge is -2.46. The van der Waals surface area contributed by atoms with E-state index in [-0.39, 0.29) is 29.9 Å². The number of aromatic nitrogens is 2. The van der Waals surface area contributed by atoms with Gasteiger partial charge in [0.25, 0.3) is 0 Å². The molecule has 2 fully saturated rings. The van der Waals surface area contributed by atoms with Crippen LogP contribution in [0.15, 0.2) is 42.6 Å². The van der Waals surface area contributed by atoms with Gasteiger partial charge >= 0.3 is 0 Å². The molecule has 8 heteroatoms. The Morgan fingerprint density at radius 3 is 2.84 bits per heavy atom. The number of hydrogen-bond acceptors (Lipinski definition) is 5. The molecule has 0 unspecified atom stereocenters. The number of carbonyl (C=O) groups excluding carboxylic acids is 1. The standard InChI is InChI=1S/C29H33FN4O3/c1-33(21-13-22(35)14-21)28(36)16-34-19-4-3-5-20(34)11-17(10-19)26-15-25-23(8-9-31-29(25)32-26)24-12-18(30)6-7-27(24)37-2/h6-10,12,15,19-22,35H,3-5,11,13-14,16H2,1-2H3,(H,31,32)/t19-,20+,21?,22?/m0/s1. The summed E-state index contributed by atoms with van der Waals surface area (Å²) < 4.78 is 19.6. The van der Waals surface area contributed by atoms with Gasteiger partial charge in [0.2, 0.25) is 5.91 Å². The number of hydrogen-bond donors (Lipinski definition) is 2. The van der Waals surface area contributed by atoms with Gasteiger partial charge in [-0.3, -0.25) is 9.69 Å². The summed E-state index contributed by atoms with van der Waals surface area (Å²) in [6.07, 6.45) is 9.25. The summed E-state index contributed by atoms with van der Waals surface area (Å²) in [5.74, 6) is 0.437. The van der Waals surface area contributed by atoms with Crippen molar-refractivity contribution in [2.24, 2.45) is 0 Å². The summed E-state index contributed by atoms with van der Waals surface area (Å²) in [6.45, 7) is 0.417. The minimum Gasteiger partial charge on any atom is -0.496 e. The molecule has 0 spiro atoms. The minimum absolute atomic E-state index is 0.133. The Hall–Kier alpha value is -3.23. The fourth-order valence-electron chi connectivity index (χ4n) is 6.24. The van der Waals surface area contributed by atoms with Gasteiger partial charge in [-0.2, -0.15) is 0 Å². The predicted molar refractivity (Wildman–Crippen MR) is 141 cm³/mol. The monoisotopic (exact) mass is 504 g/mol. The summed E-state index contributed by atoms with van der Waals surface area (Å²) in [4.78, 5) is 25.3. The molecule has 4 heterocycles. The van der Waals surface area contributed by atoms with Gasteiger partial charge in [-0.1, -0.05) is 12.5 Å². The van der Waals surface area contributed by atoms with Crippen molar-refractivity contribution in [3.63, 3.8) is 0 Å². The number of fused-ring (bicyclic) bond motifs is 3. The van der Waals surface area contributed by atoms with Crippen LogP contribution in [-0.2, 0) is 4.79 Å². The van der Waals surface area contributed by atoms with E-state index >= 15 is 0 Å². The first-order chi connectivity index (χ1) is 17.9. The number of carbonyl (C=O) groups is 1. The van der Waals surface area contributed by atoms with Crippen LogP contribution >= 0.6 is 0 Å². The van der Waals surface area contributed by atoms with Crippen molar-refractivity contribution in [3.8, 4) is 16.9 Å². The number of methoxy groups -OCH3 is 1. The molecular formula is C29H33FN4O3. The number of piperidine rings is 1. The number of rotatable bonds is 6. The number of halogens is 1. The highest BCUT2D eigenvalue weighted by Crippen LogP contribution is 2.40. The average molecular weight is 505 g/mol. The van der Waals surface area contributed by atoms with Gasteiger partial charge < -0.3 is 19.7 Å².